The SMILES string of the molecule is CC(C)(C)c1ccc(-n2c(-c3c(O)ccc4ccccc34)nc3c(-c4cccc(C5=N[C@H]6c7ccccc7C[C@H]6O5)c4)cccc32)cc1. The van der Waals surface area contributed by atoms with Crippen molar-refractivity contribution in [2.75, 3.05) is 0 Å². The highest BCUT2D eigenvalue weighted by molar-refractivity contribution is 6.03. The summed E-state index contributed by atoms with van der Waals surface area (Å²) >= 11 is 0. The number of fused-ring (bicyclic) bond motifs is 5. The molecular formula is C43H35N3O2. The van der Waals surface area contributed by atoms with Gasteiger partial charge in [0.1, 0.15) is 23.7 Å². The maximum atomic E-state index is 11.4. The fourth-order valence-corrected chi connectivity index (χ4v) is 7.43. The number of aromatic nitrogens is 2. The molecule has 2 aliphatic rings. The first kappa shape index (κ1) is 28.5. The number of hydrogen-bond donors (Lipinski definition) is 1. The third-order valence-electron chi connectivity index (χ3n) is 9.89. The van der Waals surface area contributed by atoms with Crippen LogP contribution >= 0.6 is 0 Å². The number of benzene rings is 6. The van der Waals surface area contributed by atoms with E-state index in [0.717, 1.165) is 50.6 Å². The molecule has 0 saturated carbocycles. The average Bonchev–Trinajstić information content (AvgIpc) is 3.79. The lowest BCUT2D eigenvalue weighted by molar-refractivity contribution is 0.206. The summed E-state index contributed by atoms with van der Waals surface area (Å²) in [6, 6.07) is 43.9. The van der Waals surface area contributed by atoms with E-state index in [4.69, 9.17) is 14.7 Å². The predicted molar refractivity (Wildman–Crippen MR) is 194 cm³/mol. The Balaban J connectivity index is 1.22. The minimum absolute atomic E-state index is 0.0276. The van der Waals surface area contributed by atoms with Gasteiger partial charge in [-0.3, -0.25) is 4.57 Å². The molecule has 0 amide bonds. The zero-order valence-electron chi connectivity index (χ0n) is 27.2. The van der Waals surface area contributed by atoms with Crippen LogP contribution < -0.4 is 0 Å². The third kappa shape index (κ3) is 4.53. The quantitative estimate of drug-likeness (QED) is 0.212. The zero-order chi connectivity index (χ0) is 32.6. The van der Waals surface area contributed by atoms with E-state index < -0.39 is 0 Å². The molecule has 234 valence electrons. The molecule has 0 spiro atoms. The van der Waals surface area contributed by atoms with Gasteiger partial charge in [-0.2, -0.15) is 0 Å². The predicted octanol–water partition coefficient (Wildman–Crippen LogP) is 9.96. The lowest BCUT2D eigenvalue weighted by atomic mass is 9.87. The number of rotatable bonds is 4. The smallest absolute Gasteiger partial charge is 0.217 e. The van der Waals surface area contributed by atoms with Crippen molar-refractivity contribution in [3.63, 3.8) is 0 Å². The molecule has 0 fully saturated rings. The summed E-state index contributed by atoms with van der Waals surface area (Å²) in [5.41, 5.74) is 10.4. The lowest BCUT2D eigenvalue weighted by Gasteiger charge is -2.20. The highest BCUT2D eigenvalue weighted by Gasteiger charge is 2.39. The van der Waals surface area contributed by atoms with Crippen molar-refractivity contribution < 1.29 is 9.84 Å². The highest BCUT2D eigenvalue weighted by atomic mass is 16.5. The van der Waals surface area contributed by atoms with Crippen molar-refractivity contribution in [1.82, 2.24) is 9.55 Å². The molecule has 0 unspecified atom stereocenters. The van der Waals surface area contributed by atoms with Crippen molar-refractivity contribution in [3.8, 4) is 34.0 Å². The van der Waals surface area contributed by atoms with Crippen LogP contribution in [0.15, 0.2) is 132 Å². The van der Waals surface area contributed by atoms with E-state index >= 15 is 0 Å². The number of hydrogen-bond acceptors (Lipinski definition) is 4. The Labute approximate surface area is 279 Å². The molecule has 0 bridgehead atoms. The number of ether oxygens (including phenoxy) is 1. The van der Waals surface area contributed by atoms with Crippen LogP contribution in [0.1, 0.15) is 49.1 Å². The van der Waals surface area contributed by atoms with E-state index in [2.05, 4.69) is 128 Å². The van der Waals surface area contributed by atoms with Crippen molar-refractivity contribution in [1.29, 1.82) is 0 Å². The van der Waals surface area contributed by atoms with Gasteiger partial charge >= 0.3 is 0 Å². The molecule has 5 heteroatoms. The molecule has 0 radical (unpaired) electrons. The Hall–Kier alpha value is -5.68. The Kier molecular flexibility index (Phi) is 6.35. The van der Waals surface area contributed by atoms with E-state index in [1.807, 2.05) is 18.2 Å². The van der Waals surface area contributed by atoms with Crippen LogP contribution in [0, 0.1) is 0 Å². The average molecular weight is 626 g/mol. The van der Waals surface area contributed by atoms with Gasteiger partial charge in [0.05, 0.1) is 16.6 Å². The Bertz CT molecular complexity index is 2410. The topological polar surface area (TPSA) is 59.6 Å². The Morgan fingerprint density at radius 1 is 0.771 bits per heavy atom. The Morgan fingerprint density at radius 2 is 1.54 bits per heavy atom. The van der Waals surface area contributed by atoms with E-state index in [0.29, 0.717) is 17.3 Å². The summed E-state index contributed by atoms with van der Waals surface area (Å²) in [6.07, 6.45) is 0.922. The van der Waals surface area contributed by atoms with Crippen molar-refractivity contribution in [2.24, 2.45) is 4.99 Å². The summed E-state index contributed by atoms with van der Waals surface area (Å²) in [5.74, 6) is 1.59. The van der Waals surface area contributed by atoms with Gasteiger partial charge in [0.2, 0.25) is 5.90 Å². The molecule has 1 aliphatic carbocycles. The number of nitrogens with zero attached hydrogens (tertiary/aromatic N) is 3. The first-order valence-electron chi connectivity index (χ1n) is 16.6. The second kappa shape index (κ2) is 10.7. The standard InChI is InChI=1S/C43H35N3O2/c1-43(2,3)30-19-21-31(22-20-30)46-35-17-9-16-33(39(35)44-41(46)38-32-14-6-4-10-26(32)18-23-36(38)47)27-12-8-13-29(24-27)42-45-40-34-15-7-5-11-28(34)25-37(40)48-42/h4-24,37,40,47H,25H2,1-3H3/t37-,40+/m1/s1. The number of para-hydroxylation sites is 1. The molecule has 1 N–H and O–H groups in total. The second-order valence-corrected chi connectivity index (χ2v) is 13.9. The summed E-state index contributed by atoms with van der Waals surface area (Å²) < 4.78 is 8.64. The fourth-order valence-electron chi connectivity index (χ4n) is 7.43. The van der Waals surface area contributed by atoms with E-state index in [9.17, 15) is 5.11 Å². The number of phenols is 1. The van der Waals surface area contributed by atoms with Crippen LogP contribution in [-0.2, 0) is 16.6 Å². The van der Waals surface area contributed by atoms with Crippen LogP contribution in [0.3, 0.4) is 0 Å². The van der Waals surface area contributed by atoms with Gasteiger partial charge in [-0.15, -0.1) is 0 Å². The van der Waals surface area contributed by atoms with Crippen molar-refractivity contribution >= 4 is 27.7 Å². The van der Waals surface area contributed by atoms with Gasteiger partial charge in [-0.25, -0.2) is 9.98 Å². The molecular weight excluding hydrogens is 590 g/mol. The fraction of sp³-hybridized carbons (Fsp3) is 0.163. The summed E-state index contributed by atoms with van der Waals surface area (Å²) in [4.78, 5) is 10.4. The zero-order valence-corrected chi connectivity index (χ0v) is 27.2. The van der Waals surface area contributed by atoms with E-state index in [1.54, 1.807) is 6.07 Å². The van der Waals surface area contributed by atoms with Crippen LogP contribution in [0.25, 0.3) is 50.0 Å². The molecule has 48 heavy (non-hydrogen) atoms. The van der Waals surface area contributed by atoms with Gasteiger partial charge < -0.3 is 9.84 Å². The molecule has 0 saturated heterocycles. The van der Waals surface area contributed by atoms with Gasteiger partial charge in [0.15, 0.2) is 0 Å². The maximum Gasteiger partial charge on any atom is 0.217 e. The minimum atomic E-state index is 0.0276. The number of aliphatic imine (C=N–C) groups is 1. The second-order valence-electron chi connectivity index (χ2n) is 13.9. The monoisotopic (exact) mass is 625 g/mol. The molecule has 6 aromatic carbocycles. The van der Waals surface area contributed by atoms with Gasteiger partial charge in [-0.1, -0.05) is 112 Å². The molecule has 5 nitrogen and oxygen atoms in total. The van der Waals surface area contributed by atoms with E-state index in [1.165, 1.54) is 16.7 Å². The lowest BCUT2D eigenvalue weighted by Crippen LogP contribution is -2.13. The first-order chi connectivity index (χ1) is 23.3. The molecule has 7 aromatic rings. The summed E-state index contributed by atoms with van der Waals surface area (Å²) in [7, 11) is 0. The molecule has 2 heterocycles. The maximum absolute atomic E-state index is 11.4. The Morgan fingerprint density at radius 3 is 2.40 bits per heavy atom. The molecule has 9 rings (SSSR count). The van der Waals surface area contributed by atoms with Crippen LogP contribution in [0.4, 0.5) is 0 Å². The van der Waals surface area contributed by atoms with Crippen LogP contribution in [0.2, 0.25) is 0 Å². The number of aromatic hydroxyl groups is 1. The first-order valence-corrected chi connectivity index (χ1v) is 16.6. The van der Waals surface area contributed by atoms with Crippen molar-refractivity contribution in [2.45, 2.75) is 44.8 Å². The molecule has 1 aromatic heterocycles. The van der Waals surface area contributed by atoms with Gasteiger partial charge in [-0.05, 0) is 74.8 Å². The number of imidazole rings is 1. The summed E-state index contributed by atoms with van der Waals surface area (Å²) in [5, 5.41) is 13.4. The molecule has 2 atom stereocenters. The van der Waals surface area contributed by atoms with Crippen LogP contribution in [0.5, 0.6) is 5.75 Å². The largest absolute Gasteiger partial charge is 0.507 e. The van der Waals surface area contributed by atoms with Gasteiger partial charge in [0.25, 0.3) is 0 Å². The highest BCUT2D eigenvalue weighted by Crippen LogP contribution is 2.43. The van der Waals surface area contributed by atoms with Gasteiger partial charge in [0, 0.05) is 23.2 Å². The normalized spacial score (nSPS) is 16.9. The van der Waals surface area contributed by atoms with Crippen LogP contribution in [-0.4, -0.2) is 26.7 Å². The van der Waals surface area contributed by atoms with E-state index in [-0.39, 0.29) is 23.3 Å². The molecule has 1 aliphatic heterocycles. The number of phenolic OH excluding ortho intramolecular Hbond substituents is 1. The van der Waals surface area contributed by atoms with Crippen molar-refractivity contribution in [3.05, 3.63) is 150 Å². The minimum Gasteiger partial charge on any atom is -0.507 e. The third-order valence-corrected chi connectivity index (χ3v) is 9.89. The summed E-state index contributed by atoms with van der Waals surface area (Å²) in [6.45, 7) is 6.67.